The largest absolute Gasteiger partial charge is 0.496 e. The monoisotopic (exact) mass is 330 g/mol. The summed E-state index contributed by atoms with van der Waals surface area (Å²) in [6.45, 7) is 12.0. The van der Waals surface area contributed by atoms with Crippen LogP contribution in [0.3, 0.4) is 0 Å². The predicted molar refractivity (Wildman–Crippen MR) is 101 cm³/mol. The molecule has 1 heterocycles. The van der Waals surface area contributed by atoms with Crippen molar-refractivity contribution in [2.24, 2.45) is 10.8 Å². The van der Waals surface area contributed by atoms with Crippen molar-refractivity contribution in [3.8, 4) is 5.75 Å². The topological polar surface area (TPSA) is 24.5 Å². The third-order valence-corrected chi connectivity index (χ3v) is 5.86. The first-order valence-electron chi connectivity index (χ1n) is 9.48. The first kappa shape index (κ1) is 17.8. The highest BCUT2D eigenvalue weighted by Gasteiger charge is 2.49. The molecule has 3 rings (SSSR count). The van der Waals surface area contributed by atoms with E-state index in [4.69, 9.17) is 4.74 Å². The van der Waals surface area contributed by atoms with Gasteiger partial charge in [0.25, 0.3) is 0 Å². The summed E-state index contributed by atoms with van der Waals surface area (Å²) in [5, 5.41) is 3.63. The van der Waals surface area contributed by atoms with Gasteiger partial charge in [-0.3, -0.25) is 4.90 Å². The van der Waals surface area contributed by atoms with Crippen LogP contribution in [0.15, 0.2) is 24.3 Å². The van der Waals surface area contributed by atoms with Gasteiger partial charge in [-0.05, 0) is 54.7 Å². The molecule has 0 spiro atoms. The lowest BCUT2D eigenvalue weighted by Gasteiger charge is -2.40. The van der Waals surface area contributed by atoms with Crippen molar-refractivity contribution in [3.63, 3.8) is 0 Å². The molecule has 1 aliphatic heterocycles. The second kappa shape index (κ2) is 7.05. The van der Waals surface area contributed by atoms with Crippen LogP contribution in [0, 0.1) is 10.8 Å². The summed E-state index contributed by atoms with van der Waals surface area (Å²) >= 11 is 0. The lowest BCUT2D eigenvalue weighted by atomic mass is 9.65. The molecule has 1 aromatic carbocycles. The Kier molecular flexibility index (Phi) is 5.22. The number of fused-ring (bicyclic) bond motifs is 2. The highest BCUT2D eigenvalue weighted by molar-refractivity contribution is 5.33. The SMILES string of the molecule is COc1ccccc1CCNCCN1CC2(C)CC1CC(C)(C)C2. The molecule has 134 valence electrons. The van der Waals surface area contributed by atoms with Gasteiger partial charge >= 0.3 is 0 Å². The van der Waals surface area contributed by atoms with Crippen LogP contribution in [0.1, 0.15) is 45.6 Å². The number of nitrogens with zero attached hydrogens (tertiary/aromatic N) is 1. The van der Waals surface area contributed by atoms with E-state index in [1.165, 1.54) is 37.9 Å². The van der Waals surface area contributed by atoms with Crippen LogP contribution in [-0.2, 0) is 6.42 Å². The van der Waals surface area contributed by atoms with Crippen LogP contribution >= 0.6 is 0 Å². The van der Waals surface area contributed by atoms with Gasteiger partial charge in [0.1, 0.15) is 5.75 Å². The zero-order valence-corrected chi connectivity index (χ0v) is 15.9. The minimum atomic E-state index is 0.518. The van der Waals surface area contributed by atoms with Crippen LogP contribution < -0.4 is 10.1 Å². The second-order valence-electron chi connectivity index (χ2n) is 9.00. The van der Waals surface area contributed by atoms with E-state index in [2.05, 4.69) is 43.1 Å². The minimum Gasteiger partial charge on any atom is -0.496 e. The Morgan fingerprint density at radius 1 is 1.17 bits per heavy atom. The lowest BCUT2D eigenvalue weighted by molar-refractivity contribution is 0.127. The zero-order valence-electron chi connectivity index (χ0n) is 15.9. The molecule has 2 aliphatic rings. The fourth-order valence-corrected chi connectivity index (χ4v) is 5.32. The minimum absolute atomic E-state index is 0.518. The van der Waals surface area contributed by atoms with E-state index in [0.29, 0.717) is 10.8 Å². The molecule has 2 bridgehead atoms. The summed E-state index contributed by atoms with van der Waals surface area (Å²) in [4.78, 5) is 2.74. The molecule has 1 saturated heterocycles. The molecule has 2 unspecified atom stereocenters. The number of para-hydroxylation sites is 1. The number of nitrogens with one attached hydrogen (secondary N) is 1. The molecule has 1 N–H and O–H groups in total. The predicted octanol–water partition coefficient (Wildman–Crippen LogP) is 3.73. The van der Waals surface area contributed by atoms with Crippen molar-refractivity contribution in [1.29, 1.82) is 0 Å². The summed E-state index contributed by atoms with van der Waals surface area (Å²) in [6.07, 6.45) is 5.17. The summed E-state index contributed by atoms with van der Waals surface area (Å²) in [7, 11) is 1.75. The van der Waals surface area contributed by atoms with Gasteiger partial charge in [-0.2, -0.15) is 0 Å². The smallest absolute Gasteiger partial charge is 0.122 e. The van der Waals surface area contributed by atoms with Crippen molar-refractivity contribution in [1.82, 2.24) is 10.2 Å². The molecule has 3 nitrogen and oxygen atoms in total. The number of ether oxygens (including phenoxy) is 1. The Morgan fingerprint density at radius 2 is 1.96 bits per heavy atom. The Labute approximate surface area is 147 Å². The first-order valence-corrected chi connectivity index (χ1v) is 9.48. The van der Waals surface area contributed by atoms with Crippen molar-refractivity contribution in [2.45, 2.75) is 52.5 Å². The van der Waals surface area contributed by atoms with E-state index >= 15 is 0 Å². The molecular formula is C21H34N2O. The van der Waals surface area contributed by atoms with Gasteiger partial charge in [-0.15, -0.1) is 0 Å². The van der Waals surface area contributed by atoms with Gasteiger partial charge in [-0.25, -0.2) is 0 Å². The van der Waals surface area contributed by atoms with Gasteiger partial charge in [0, 0.05) is 25.7 Å². The molecule has 2 atom stereocenters. The summed E-state index contributed by atoms with van der Waals surface area (Å²) in [5.41, 5.74) is 2.35. The molecule has 0 amide bonds. The molecule has 1 aliphatic carbocycles. The van der Waals surface area contributed by atoms with Crippen LogP contribution in [0.4, 0.5) is 0 Å². The maximum atomic E-state index is 5.43. The summed E-state index contributed by atoms with van der Waals surface area (Å²) in [5.74, 6) is 1.00. The average molecular weight is 331 g/mol. The molecule has 1 saturated carbocycles. The third kappa shape index (κ3) is 4.12. The van der Waals surface area contributed by atoms with Crippen molar-refractivity contribution in [2.75, 3.05) is 33.3 Å². The van der Waals surface area contributed by atoms with E-state index < -0.39 is 0 Å². The van der Waals surface area contributed by atoms with Crippen molar-refractivity contribution < 1.29 is 4.74 Å². The number of likely N-dealkylation sites (tertiary alicyclic amines) is 1. The van der Waals surface area contributed by atoms with Crippen LogP contribution in [0.5, 0.6) is 5.75 Å². The number of hydrogen-bond donors (Lipinski definition) is 1. The average Bonchev–Trinajstić information content (AvgIpc) is 2.75. The van der Waals surface area contributed by atoms with Gasteiger partial charge < -0.3 is 10.1 Å². The summed E-state index contributed by atoms with van der Waals surface area (Å²) < 4.78 is 5.43. The number of hydrogen-bond acceptors (Lipinski definition) is 3. The van der Waals surface area contributed by atoms with E-state index in [9.17, 15) is 0 Å². The highest BCUT2D eigenvalue weighted by Crippen LogP contribution is 2.52. The number of rotatable bonds is 7. The maximum absolute atomic E-state index is 5.43. The zero-order chi connectivity index (χ0) is 17.2. The third-order valence-electron chi connectivity index (χ3n) is 5.86. The quantitative estimate of drug-likeness (QED) is 0.771. The molecule has 24 heavy (non-hydrogen) atoms. The fraction of sp³-hybridized carbons (Fsp3) is 0.714. The van der Waals surface area contributed by atoms with Gasteiger partial charge in [0.2, 0.25) is 0 Å². The molecule has 0 aromatic heterocycles. The lowest BCUT2D eigenvalue weighted by Crippen LogP contribution is -2.38. The van der Waals surface area contributed by atoms with Crippen molar-refractivity contribution in [3.05, 3.63) is 29.8 Å². The van der Waals surface area contributed by atoms with Gasteiger partial charge in [0.05, 0.1) is 7.11 Å². The standard InChI is InChI=1S/C21H34N2O/c1-20(2)13-18-14-21(3,15-20)16-23(18)12-11-22-10-9-17-7-5-6-8-19(17)24-4/h5-8,18,22H,9-16H2,1-4H3. The van der Waals surface area contributed by atoms with E-state index in [1.807, 2.05) is 12.1 Å². The van der Waals surface area contributed by atoms with E-state index in [-0.39, 0.29) is 0 Å². The number of benzene rings is 1. The number of methoxy groups -OCH3 is 1. The fourth-order valence-electron chi connectivity index (χ4n) is 5.32. The normalized spacial score (nSPS) is 28.9. The molecular weight excluding hydrogens is 296 g/mol. The maximum Gasteiger partial charge on any atom is 0.122 e. The Hall–Kier alpha value is -1.06. The Bertz CT molecular complexity index is 557. The highest BCUT2D eigenvalue weighted by atomic mass is 16.5. The van der Waals surface area contributed by atoms with Crippen LogP contribution in [0.25, 0.3) is 0 Å². The van der Waals surface area contributed by atoms with E-state index in [0.717, 1.165) is 31.3 Å². The van der Waals surface area contributed by atoms with Gasteiger partial charge in [-0.1, -0.05) is 39.0 Å². The van der Waals surface area contributed by atoms with Crippen LogP contribution in [-0.4, -0.2) is 44.2 Å². The molecule has 0 radical (unpaired) electrons. The molecule has 3 heteroatoms. The van der Waals surface area contributed by atoms with Gasteiger partial charge in [0.15, 0.2) is 0 Å². The Balaban J connectivity index is 1.41. The summed E-state index contributed by atoms with van der Waals surface area (Å²) in [6, 6.07) is 9.12. The molecule has 1 aromatic rings. The van der Waals surface area contributed by atoms with E-state index in [1.54, 1.807) is 7.11 Å². The Morgan fingerprint density at radius 3 is 2.75 bits per heavy atom. The molecule has 2 fully saturated rings. The van der Waals surface area contributed by atoms with Crippen molar-refractivity contribution >= 4 is 0 Å². The second-order valence-corrected chi connectivity index (χ2v) is 9.00. The first-order chi connectivity index (χ1) is 11.4. The van der Waals surface area contributed by atoms with Crippen LogP contribution in [0.2, 0.25) is 0 Å².